The second-order valence-electron chi connectivity index (χ2n) is 6.52. The zero-order valence-corrected chi connectivity index (χ0v) is 16.4. The highest BCUT2D eigenvalue weighted by molar-refractivity contribution is 5.97. The van der Waals surface area contributed by atoms with Crippen molar-refractivity contribution in [3.8, 4) is 5.75 Å². The fourth-order valence-corrected chi connectivity index (χ4v) is 2.45. The lowest BCUT2D eigenvalue weighted by molar-refractivity contribution is -0.153. The minimum Gasteiger partial charge on any atom is -0.494 e. The number of carbonyl (C=O) groups excluding carboxylic acids is 3. The Hall–Kier alpha value is -3.15. The summed E-state index contributed by atoms with van der Waals surface area (Å²) in [5, 5.41) is 2.66. The molecule has 0 fully saturated rings. The maximum Gasteiger partial charge on any atom is 0.306 e. The van der Waals surface area contributed by atoms with E-state index in [1.807, 2.05) is 31.2 Å². The van der Waals surface area contributed by atoms with E-state index in [0.29, 0.717) is 24.3 Å². The second kappa shape index (κ2) is 10.3. The third-order valence-corrected chi connectivity index (χ3v) is 4.02. The van der Waals surface area contributed by atoms with Crippen molar-refractivity contribution in [3.05, 3.63) is 59.7 Å². The third kappa shape index (κ3) is 6.87. The first-order chi connectivity index (χ1) is 13.3. The molecule has 2 rings (SSSR count). The minimum atomic E-state index is -0.919. The van der Waals surface area contributed by atoms with Crippen molar-refractivity contribution in [2.24, 2.45) is 0 Å². The summed E-state index contributed by atoms with van der Waals surface area (Å²) in [6.07, 6.45) is -0.262. The van der Waals surface area contributed by atoms with E-state index in [4.69, 9.17) is 9.47 Å². The molecule has 1 amide bonds. The Balaban J connectivity index is 1.70. The molecule has 1 atom stereocenters. The van der Waals surface area contributed by atoms with Gasteiger partial charge < -0.3 is 14.8 Å². The Morgan fingerprint density at radius 2 is 1.79 bits per heavy atom. The highest BCUT2D eigenvalue weighted by Gasteiger charge is 2.17. The maximum absolute atomic E-state index is 12.1. The number of amides is 1. The molecule has 1 N–H and O–H groups in total. The third-order valence-electron chi connectivity index (χ3n) is 4.02. The van der Waals surface area contributed by atoms with Gasteiger partial charge in [-0.2, -0.15) is 0 Å². The lowest BCUT2D eigenvalue weighted by Crippen LogP contribution is -2.30. The number of hydrogen-bond acceptors (Lipinski definition) is 5. The molecule has 6 nitrogen and oxygen atoms in total. The van der Waals surface area contributed by atoms with Gasteiger partial charge in [0.15, 0.2) is 11.9 Å². The molecule has 6 heteroatoms. The van der Waals surface area contributed by atoms with Gasteiger partial charge in [0.05, 0.1) is 6.61 Å². The summed E-state index contributed by atoms with van der Waals surface area (Å²) in [6.45, 7) is 5.36. The van der Waals surface area contributed by atoms with Crippen LogP contribution in [0.3, 0.4) is 0 Å². The molecule has 0 heterocycles. The van der Waals surface area contributed by atoms with E-state index in [1.54, 1.807) is 24.3 Å². The van der Waals surface area contributed by atoms with Crippen molar-refractivity contribution < 1.29 is 23.9 Å². The van der Waals surface area contributed by atoms with Gasteiger partial charge in [-0.05, 0) is 69.2 Å². The number of Topliss-reactive ketones (excluding diaryl/α,β-unsaturated/α-hetero) is 1. The fraction of sp³-hybridized carbons (Fsp3) is 0.318. The van der Waals surface area contributed by atoms with Gasteiger partial charge in [0.25, 0.3) is 5.91 Å². The lowest BCUT2D eigenvalue weighted by atomic mass is 10.1. The van der Waals surface area contributed by atoms with Gasteiger partial charge >= 0.3 is 5.97 Å². The summed E-state index contributed by atoms with van der Waals surface area (Å²) < 4.78 is 10.7. The Bertz CT molecular complexity index is 829. The number of hydrogen-bond donors (Lipinski definition) is 1. The number of carbonyl (C=O) groups is 3. The molecule has 0 radical (unpaired) electrons. The minimum absolute atomic E-state index is 0.0495. The Morgan fingerprint density at radius 1 is 1.07 bits per heavy atom. The van der Waals surface area contributed by atoms with Crippen LogP contribution in [0.1, 0.15) is 42.6 Å². The van der Waals surface area contributed by atoms with Gasteiger partial charge in [-0.25, -0.2) is 0 Å². The van der Waals surface area contributed by atoms with Crippen LogP contribution in [-0.4, -0.2) is 30.4 Å². The molecule has 2 aromatic rings. The molecule has 0 saturated carbocycles. The van der Waals surface area contributed by atoms with Crippen LogP contribution in [0, 0.1) is 6.92 Å². The molecule has 28 heavy (non-hydrogen) atoms. The number of rotatable bonds is 9. The van der Waals surface area contributed by atoms with Crippen LogP contribution < -0.4 is 10.1 Å². The first-order valence-electron chi connectivity index (χ1n) is 9.16. The molecule has 0 unspecified atom stereocenters. The zero-order chi connectivity index (χ0) is 20.5. The molecule has 0 aliphatic carbocycles. The van der Waals surface area contributed by atoms with Gasteiger partial charge in [-0.1, -0.05) is 12.1 Å². The van der Waals surface area contributed by atoms with E-state index in [0.717, 1.165) is 11.3 Å². The van der Waals surface area contributed by atoms with E-state index < -0.39 is 18.0 Å². The van der Waals surface area contributed by atoms with E-state index in [9.17, 15) is 14.4 Å². The molecule has 0 spiro atoms. The number of aryl methyl sites for hydroxylation is 1. The van der Waals surface area contributed by atoms with Crippen molar-refractivity contribution in [1.82, 2.24) is 0 Å². The van der Waals surface area contributed by atoms with Crippen LogP contribution in [0.4, 0.5) is 5.69 Å². The molecule has 0 aromatic heterocycles. The molecule has 2 aromatic carbocycles. The first kappa shape index (κ1) is 21.2. The Labute approximate surface area is 164 Å². The number of esters is 1. The summed E-state index contributed by atoms with van der Waals surface area (Å²) in [5.74, 6) is -0.175. The highest BCUT2D eigenvalue weighted by Crippen LogP contribution is 2.13. The first-order valence-corrected chi connectivity index (χ1v) is 9.16. The van der Waals surface area contributed by atoms with Crippen LogP contribution in [-0.2, 0) is 14.3 Å². The fourth-order valence-electron chi connectivity index (χ4n) is 2.45. The molecule has 0 aliphatic heterocycles. The van der Waals surface area contributed by atoms with Crippen LogP contribution >= 0.6 is 0 Å². The molecule has 148 valence electrons. The van der Waals surface area contributed by atoms with Crippen molar-refractivity contribution in [3.63, 3.8) is 0 Å². The van der Waals surface area contributed by atoms with Crippen LogP contribution in [0.2, 0.25) is 0 Å². The summed E-state index contributed by atoms with van der Waals surface area (Å²) in [7, 11) is 0. The van der Waals surface area contributed by atoms with E-state index in [-0.39, 0.29) is 12.2 Å². The molecular weight excluding hydrogens is 358 g/mol. The van der Waals surface area contributed by atoms with Crippen LogP contribution in [0.25, 0.3) is 0 Å². The highest BCUT2D eigenvalue weighted by atomic mass is 16.5. The van der Waals surface area contributed by atoms with Crippen molar-refractivity contribution in [1.29, 1.82) is 0 Å². The SMILES string of the molecule is CC(=O)c1ccc(NC(=O)[C@H](C)OC(=O)CCCOc2cccc(C)c2)cc1. The topological polar surface area (TPSA) is 81.7 Å². The van der Waals surface area contributed by atoms with Crippen molar-refractivity contribution >= 4 is 23.3 Å². The molecule has 0 aliphatic rings. The van der Waals surface area contributed by atoms with Gasteiger partial charge in [0, 0.05) is 17.7 Å². The predicted molar refractivity (Wildman–Crippen MR) is 107 cm³/mol. The standard InChI is InChI=1S/C22H25NO5/c1-15-6-4-7-20(14-15)27-13-5-8-21(25)28-17(3)22(26)23-19-11-9-18(10-12-19)16(2)24/h4,6-7,9-12,14,17H,5,8,13H2,1-3H3,(H,23,26)/t17-/m0/s1. The summed E-state index contributed by atoms with van der Waals surface area (Å²) >= 11 is 0. The summed E-state index contributed by atoms with van der Waals surface area (Å²) in [5.41, 5.74) is 2.20. The van der Waals surface area contributed by atoms with E-state index in [2.05, 4.69) is 5.32 Å². The largest absolute Gasteiger partial charge is 0.494 e. The van der Waals surface area contributed by atoms with Crippen LogP contribution in [0.15, 0.2) is 48.5 Å². The number of anilines is 1. The Morgan fingerprint density at radius 3 is 2.43 bits per heavy atom. The normalized spacial score (nSPS) is 11.4. The van der Waals surface area contributed by atoms with Crippen molar-refractivity contribution in [2.75, 3.05) is 11.9 Å². The smallest absolute Gasteiger partial charge is 0.306 e. The monoisotopic (exact) mass is 383 g/mol. The Kier molecular flexibility index (Phi) is 7.75. The summed E-state index contributed by atoms with van der Waals surface area (Å²) in [6, 6.07) is 14.2. The lowest BCUT2D eigenvalue weighted by Gasteiger charge is -2.14. The van der Waals surface area contributed by atoms with E-state index >= 15 is 0 Å². The molecular formula is C22H25NO5. The number of nitrogens with one attached hydrogen (secondary N) is 1. The quantitative estimate of drug-likeness (QED) is 0.403. The average molecular weight is 383 g/mol. The molecule has 0 bridgehead atoms. The number of ketones is 1. The van der Waals surface area contributed by atoms with Gasteiger partial charge in [0.1, 0.15) is 5.75 Å². The van der Waals surface area contributed by atoms with Gasteiger partial charge in [-0.3, -0.25) is 14.4 Å². The zero-order valence-electron chi connectivity index (χ0n) is 16.4. The number of ether oxygens (including phenoxy) is 2. The van der Waals surface area contributed by atoms with Crippen molar-refractivity contribution in [2.45, 2.75) is 39.7 Å². The number of benzene rings is 2. The maximum atomic E-state index is 12.1. The van der Waals surface area contributed by atoms with Gasteiger partial charge in [-0.15, -0.1) is 0 Å². The van der Waals surface area contributed by atoms with Crippen LogP contribution in [0.5, 0.6) is 5.75 Å². The summed E-state index contributed by atoms with van der Waals surface area (Å²) in [4.78, 5) is 35.3. The molecule has 0 saturated heterocycles. The second-order valence-corrected chi connectivity index (χ2v) is 6.52. The van der Waals surface area contributed by atoms with E-state index in [1.165, 1.54) is 13.8 Å². The predicted octanol–water partition coefficient (Wildman–Crippen LogP) is 3.93. The van der Waals surface area contributed by atoms with Gasteiger partial charge in [0.2, 0.25) is 0 Å². The average Bonchev–Trinajstić information content (AvgIpc) is 2.65.